The van der Waals surface area contributed by atoms with Crippen molar-refractivity contribution in [3.05, 3.63) is 114 Å². The van der Waals surface area contributed by atoms with Gasteiger partial charge in [0.05, 0.1) is 5.52 Å². The van der Waals surface area contributed by atoms with Crippen LogP contribution in [0.25, 0.3) is 70.0 Å². The molecule has 3 aromatic heterocycles. The number of rotatable bonds is 0. The fourth-order valence-corrected chi connectivity index (χ4v) is 10.5. The molecule has 0 bridgehead atoms. The number of aromatic nitrogens is 2. The van der Waals surface area contributed by atoms with Gasteiger partial charge in [-0.15, -0.1) is 11.3 Å². The average Bonchev–Trinajstić information content (AvgIpc) is 3.74. The van der Waals surface area contributed by atoms with E-state index < -0.39 is 0 Å². The molecule has 0 unspecified atom stereocenters. The summed E-state index contributed by atoms with van der Waals surface area (Å²) >= 11 is 1.94. The largest absolute Gasteiger partial charge is 0.378 e. The van der Waals surface area contributed by atoms with Gasteiger partial charge in [0.2, 0.25) is 0 Å². The third kappa shape index (κ3) is 2.69. The summed E-state index contributed by atoms with van der Waals surface area (Å²) in [5, 5.41) is 5.52. The second kappa shape index (κ2) is 7.63. The molecule has 1 aliphatic carbocycles. The maximum absolute atomic E-state index is 2.78. The number of benzene rings is 5. The molecule has 3 aliphatic rings. The Morgan fingerprint density at radius 1 is 0.711 bits per heavy atom. The van der Waals surface area contributed by atoms with Gasteiger partial charge < -0.3 is 9.05 Å². The second-order valence-electron chi connectivity index (χ2n) is 14.9. The molecule has 2 aliphatic heterocycles. The summed E-state index contributed by atoms with van der Waals surface area (Å²) in [7, 11) is 0. The van der Waals surface area contributed by atoms with E-state index in [9.17, 15) is 0 Å². The van der Waals surface area contributed by atoms with Crippen molar-refractivity contribution in [3.8, 4) is 27.9 Å². The summed E-state index contributed by atoms with van der Waals surface area (Å²) in [4.78, 5) is 1.36. The number of nitrogens with zero attached hydrogens (tertiary/aromatic N) is 2. The van der Waals surface area contributed by atoms with E-state index in [-0.39, 0.29) is 17.7 Å². The molecule has 11 rings (SSSR count). The molecule has 0 fully saturated rings. The molecule has 5 aromatic carbocycles. The Labute approximate surface area is 266 Å². The van der Waals surface area contributed by atoms with Crippen LogP contribution in [0.5, 0.6) is 0 Å². The van der Waals surface area contributed by atoms with Crippen LogP contribution in [0.15, 0.2) is 97.1 Å². The van der Waals surface area contributed by atoms with Crippen molar-refractivity contribution in [2.75, 3.05) is 0 Å². The summed E-state index contributed by atoms with van der Waals surface area (Å²) in [6.07, 6.45) is 0. The van der Waals surface area contributed by atoms with Gasteiger partial charge in [-0.25, -0.2) is 0 Å². The van der Waals surface area contributed by atoms with Crippen molar-refractivity contribution in [2.45, 2.75) is 45.4 Å². The first kappa shape index (κ1) is 24.7. The van der Waals surface area contributed by atoms with Crippen molar-refractivity contribution in [3.63, 3.8) is 0 Å². The summed E-state index contributed by atoms with van der Waals surface area (Å²) in [5.74, 6) is 0. The molecule has 0 saturated carbocycles. The Hall–Kier alpha value is -4.54. The van der Waals surface area contributed by atoms with Crippen LogP contribution in [-0.4, -0.2) is 15.9 Å². The van der Waals surface area contributed by atoms with E-state index in [1.54, 1.807) is 0 Å². The normalized spacial score (nSPS) is 15.4. The quantitative estimate of drug-likeness (QED) is 0.155. The van der Waals surface area contributed by atoms with Gasteiger partial charge in [0.1, 0.15) is 4.83 Å². The minimum Gasteiger partial charge on any atom is -0.378 e. The van der Waals surface area contributed by atoms with Gasteiger partial charge in [-0.3, -0.25) is 0 Å². The van der Waals surface area contributed by atoms with Gasteiger partial charge in [-0.2, -0.15) is 0 Å². The minimum atomic E-state index is -0.116. The molecule has 0 saturated heterocycles. The van der Waals surface area contributed by atoms with Crippen molar-refractivity contribution in [2.24, 2.45) is 0 Å². The number of para-hydroxylation sites is 2. The molecular formula is C41H31BN2S. The zero-order valence-corrected chi connectivity index (χ0v) is 26.9. The predicted octanol–water partition coefficient (Wildman–Crippen LogP) is 9.50. The van der Waals surface area contributed by atoms with Crippen molar-refractivity contribution in [1.29, 1.82) is 0 Å². The number of fused-ring (bicyclic) bond motifs is 14. The Kier molecular flexibility index (Phi) is 4.20. The van der Waals surface area contributed by atoms with E-state index in [2.05, 4.69) is 141 Å². The van der Waals surface area contributed by atoms with Crippen LogP contribution < -0.4 is 10.9 Å². The summed E-state index contributed by atoms with van der Waals surface area (Å²) in [5.41, 5.74) is 16.7. The van der Waals surface area contributed by atoms with Gasteiger partial charge in [-0.1, -0.05) is 120 Å². The molecule has 0 atom stereocenters. The highest BCUT2D eigenvalue weighted by atomic mass is 32.1. The van der Waals surface area contributed by atoms with E-state index in [4.69, 9.17) is 0 Å². The molecule has 5 heterocycles. The van der Waals surface area contributed by atoms with E-state index in [1.807, 2.05) is 11.3 Å². The number of hydrogen-bond donors (Lipinski definition) is 0. The first-order chi connectivity index (χ1) is 21.7. The van der Waals surface area contributed by atoms with Crippen molar-refractivity contribution in [1.82, 2.24) is 9.05 Å². The zero-order chi connectivity index (χ0) is 30.1. The lowest BCUT2D eigenvalue weighted by atomic mass is 9.45. The smallest absolute Gasteiger partial charge is 0.332 e. The Bertz CT molecular complexity index is 2670. The molecule has 0 amide bonds. The van der Waals surface area contributed by atoms with E-state index in [0.717, 1.165) is 0 Å². The zero-order valence-electron chi connectivity index (χ0n) is 26.1. The maximum atomic E-state index is 2.78. The van der Waals surface area contributed by atoms with Crippen LogP contribution in [0.2, 0.25) is 0 Å². The van der Waals surface area contributed by atoms with Gasteiger partial charge in [0, 0.05) is 59.7 Å². The van der Waals surface area contributed by atoms with Gasteiger partial charge in [0.25, 0.3) is 0 Å². The van der Waals surface area contributed by atoms with Gasteiger partial charge in [-0.05, 0) is 50.7 Å². The third-order valence-electron chi connectivity index (χ3n) is 11.2. The fraction of sp³-hybridized carbons (Fsp3) is 0.171. The topological polar surface area (TPSA) is 9.86 Å². The lowest BCUT2D eigenvalue weighted by molar-refractivity contribution is 0.590. The highest BCUT2D eigenvalue weighted by Crippen LogP contribution is 2.55. The third-order valence-corrected chi connectivity index (χ3v) is 12.4. The van der Waals surface area contributed by atoms with Crippen LogP contribution in [-0.2, 0) is 10.8 Å². The summed E-state index contributed by atoms with van der Waals surface area (Å²) in [6.45, 7) is 12.0. The van der Waals surface area contributed by atoms with Gasteiger partial charge in [0.15, 0.2) is 0 Å². The van der Waals surface area contributed by atoms with Crippen LogP contribution in [0, 0.1) is 0 Å². The molecule has 214 valence electrons. The van der Waals surface area contributed by atoms with Crippen molar-refractivity contribution >= 4 is 71.2 Å². The van der Waals surface area contributed by atoms with Crippen molar-refractivity contribution < 1.29 is 0 Å². The number of hydrogen-bond acceptors (Lipinski definition) is 1. The van der Waals surface area contributed by atoms with Crippen LogP contribution in [0.3, 0.4) is 0 Å². The molecule has 0 radical (unpaired) electrons. The standard InChI is InChI=1S/C41H31BN2S/c1-40(2,3)22-20-28-23-14-10-15-26-33-24-12-6-8-17-29(24)41(4,5)38(33)44(36(23)26)42-30-18-11-16-27-34-25-13-7-9-19-32(25)45-39(34)43(37(27)30)31(21-22)35(28)42/h6-21H,1-5H3. The highest BCUT2D eigenvalue weighted by Gasteiger charge is 2.48. The van der Waals surface area contributed by atoms with Gasteiger partial charge >= 0.3 is 6.85 Å². The molecular weight excluding hydrogens is 563 g/mol. The molecule has 4 heteroatoms. The Morgan fingerprint density at radius 3 is 2.31 bits per heavy atom. The Morgan fingerprint density at radius 2 is 1.44 bits per heavy atom. The molecule has 8 aromatic rings. The fourth-order valence-electron chi connectivity index (χ4n) is 9.30. The molecule has 2 nitrogen and oxygen atoms in total. The first-order valence-corrected chi connectivity index (χ1v) is 17.0. The average molecular weight is 595 g/mol. The van der Waals surface area contributed by atoms with E-state index in [1.165, 1.54) is 97.8 Å². The molecule has 45 heavy (non-hydrogen) atoms. The minimum absolute atomic E-state index is 0.0135. The van der Waals surface area contributed by atoms with Crippen LogP contribution >= 0.6 is 11.3 Å². The second-order valence-corrected chi connectivity index (χ2v) is 16.0. The van der Waals surface area contributed by atoms with Crippen LogP contribution in [0.4, 0.5) is 0 Å². The first-order valence-electron chi connectivity index (χ1n) is 16.2. The molecule has 0 N–H and O–H groups in total. The van der Waals surface area contributed by atoms with Crippen LogP contribution in [0.1, 0.15) is 51.4 Å². The SMILES string of the molecule is CC(C)(C)c1cc2c3c(c1)-n1c4sc5ccccc5c4c4cccc(c41)B3n1c3c(c4cccc-2c41)-c1ccccc1C3(C)C. The summed E-state index contributed by atoms with van der Waals surface area (Å²) < 4.78 is 6.78. The predicted molar refractivity (Wildman–Crippen MR) is 194 cm³/mol. The highest BCUT2D eigenvalue weighted by molar-refractivity contribution is 7.25. The maximum Gasteiger partial charge on any atom is 0.332 e. The van der Waals surface area contributed by atoms with E-state index >= 15 is 0 Å². The molecule has 0 spiro atoms. The number of thiophene rings is 1. The lowest BCUT2D eigenvalue weighted by Gasteiger charge is -2.37. The monoisotopic (exact) mass is 594 g/mol. The summed E-state index contributed by atoms with van der Waals surface area (Å²) in [6, 6.07) is 37.3. The van der Waals surface area contributed by atoms with E-state index in [0.29, 0.717) is 0 Å². The Balaban J connectivity index is 1.40. The lowest BCUT2D eigenvalue weighted by Crippen LogP contribution is -2.56.